The van der Waals surface area contributed by atoms with E-state index in [1.54, 1.807) is 0 Å². The predicted octanol–water partition coefficient (Wildman–Crippen LogP) is 1.03. The van der Waals surface area contributed by atoms with Gasteiger partial charge in [0.05, 0.1) is 11.5 Å². The number of benzene rings is 1. The largest absolute Gasteiger partial charge is 0.393 e. The van der Waals surface area contributed by atoms with E-state index in [0.29, 0.717) is 12.8 Å². The highest BCUT2D eigenvalue weighted by atomic mass is 16.3. The Hall–Kier alpha value is -1.35. The molecule has 3 nitrogen and oxygen atoms in total. The molecule has 1 aromatic rings. The lowest BCUT2D eigenvalue weighted by atomic mass is 9.63. The van der Waals surface area contributed by atoms with Gasteiger partial charge in [-0.1, -0.05) is 18.2 Å². The van der Waals surface area contributed by atoms with Crippen molar-refractivity contribution in [2.45, 2.75) is 24.4 Å². The third-order valence-electron chi connectivity index (χ3n) is 3.29. The predicted molar refractivity (Wildman–Crippen MR) is 52.0 cm³/mol. The summed E-state index contributed by atoms with van der Waals surface area (Å²) in [6, 6.07) is 7.73. The normalized spacial score (nSPS) is 33.8. The fraction of sp³-hybridized carbons (Fsp3) is 0.364. The number of carbonyl (C=O) groups excluding carboxylic acids is 1. The number of anilines is 1. The van der Waals surface area contributed by atoms with E-state index in [1.807, 2.05) is 24.3 Å². The van der Waals surface area contributed by atoms with Gasteiger partial charge in [-0.05, 0) is 24.5 Å². The third kappa shape index (κ3) is 0.780. The maximum Gasteiger partial charge on any atom is 0.235 e. The number of carbonyl (C=O) groups is 1. The molecular weight excluding hydrogens is 178 g/mol. The molecule has 2 N–H and O–H groups in total. The smallest absolute Gasteiger partial charge is 0.235 e. The second-order valence-electron chi connectivity index (χ2n) is 4.14. The standard InChI is InChI=1S/C11H11NO2/c13-7-5-11(6-7)8-3-1-2-4-9(8)12-10(11)14/h1-4,7,13H,5-6H2,(H,12,14)/t7-,11+. The van der Waals surface area contributed by atoms with E-state index in [-0.39, 0.29) is 12.0 Å². The van der Waals surface area contributed by atoms with Crippen LogP contribution in [0.3, 0.4) is 0 Å². The molecule has 3 heteroatoms. The summed E-state index contributed by atoms with van der Waals surface area (Å²) < 4.78 is 0. The molecule has 2 aliphatic rings. The van der Waals surface area contributed by atoms with Crippen molar-refractivity contribution in [3.05, 3.63) is 29.8 Å². The van der Waals surface area contributed by atoms with Crippen LogP contribution in [-0.4, -0.2) is 17.1 Å². The van der Waals surface area contributed by atoms with Crippen LogP contribution in [0.5, 0.6) is 0 Å². The quantitative estimate of drug-likeness (QED) is 0.640. The van der Waals surface area contributed by atoms with Gasteiger partial charge >= 0.3 is 0 Å². The van der Waals surface area contributed by atoms with Crippen LogP contribution in [-0.2, 0) is 10.2 Å². The molecule has 1 spiro atoms. The number of hydrogen-bond donors (Lipinski definition) is 2. The highest BCUT2D eigenvalue weighted by Crippen LogP contribution is 2.50. The number of nitrogens with one attached hydrogen (secondary N) is 1. The molecule has 0 atom stereocenters. The van der Waals surface area contributed by atoms with Gasteiger partial charge in [0.2, 0.25) is 5.91 Å². The summed E-state index contributed by atoms with van der Waals surface area (Å²) in [5, 5.41) is 12.2. The van der Waals surface area contributed by atoms with Gasteiger partial charge in [0.25, 0.3) is 0 Å². The molecule has 1 aliphatic heterocycles. The monoisotopic (exact) mass is 189 g/mol. The molecule has 1 fully saturated rings. The van der Waals surface area contributed by atoms with E-state index < -0.39 is 5.41 Å². The van der Waals surface area contributed by atoms with Crippen molar-refractivity contribution >= 4 is 11.6 Å². The van der Waals surface area contributed by atoms with Crippen molar-refractivity contribution in [2.75, 3.05) is 5.32 Å². The molecule has 1 amide bonds. The number of amides is 1. The van der Waals surface area contributed by atoms with Gasteiger partial charge in [-0.3, -0.25) is 4.79 Å². The fourth-order valence-corrected chi connectivity index (χ4v) is 2.52. The van der Waals surface area contributed by atoms with Gasteiger partial charge in [-0.2, -0.15) is 0 Å². The molecule has 0 unspecified atom stereocenters. The molecular formula is C11H11NO2. The highest BCUT2D eigenvalue weighted by molar-refractivity contribution is 6.07. The zero-order valence-electron chi connectivity index (χ0n) is 7.66. The average molecular weight is 189 g/mol. The average Bonchev–Trinajstić information content (AvgIpc) is 2.40. The second-order valence-corrected chi connectivity index (χ2v) is 4.14. The first-order chi connectivity index (χ1) is 6.72. The molecule has 3 rings (SSSR count). The van der Waals surface area contributed by atoms with Crippen LogP contribution < -0.4 is 5.32 Å². The molecule has 0 radical (unpaired) electrons. The summed E-state index contributed by atoms with van der Waals surface area (Å²) in [4.78, 5) is 11.8. The summed E-state index contributed by atoms with van der Waals surface area (Å²) in [5.41, 5.74) is 1.54. The van der Waals surface area contributed by atoms with Crippen LogP contribution in [0.15, 0.2) is 24.3 Å². The van der Waals surface area contributed by atoms with Gasteiger partial charge in [0.1, 0.15) is 0 Å². The van der Waals surface area contributed by atoms with Crippen LogP contribution in [0.2, 0.25) is 0 Å². The summed E-state index contributed by atoms with van der Waals surface area (Å²) in [6.07, 6.45) is 0.818. The number of rotatable bonds is 0. The molecule has 0 aromatic heterocycles. The molecule has 1 heterocycles. The first kappa shape index (κ1) is 8.00. The summed E-state index contributed by atoms with van der Waals surface area (Å²) >= 11 is 0. The van der Waals surface area contributed by atoms with Crippen molar-refractivity contribution in [2.24, 2.45) is 0 Å². The van der Waals surface area contributed by atoms with Crippen molar-refractivity contribution in [3.63, 3.8) is 0 Å². The lowest BCUT2D eigenvalue weighted by Crippen LogP contribution is -2.49. The van der Waals surface area contributed by atoms with Gasteiger partial charge in [-0.25, -0.2) is 0 Å². The number of para-hydroxylation sites is 1. The van der Waals surface area contributed by atoms with Crippen LogP contribution in [0.4, 0.5) is 5.69 Å². The van der Waals surface area contributed by atoms with Gasteiger partial charge in [0.15, 0.2) is 0 Å². The Labute approximate surface area is 81.8 Å². The molecule has 1 aliphatic carbocycles. The van der Waals surface area contributed by atoms with Crippen LogP contribution in [0.1, 0.15) is 18.4 Å². The summed E-state index contributed by atoms with van der Waals surface area (Å²) in [5.74, 6) is 0.0454. The molecule has 1 saturated carbocycles. The second kappa shape index (κ2) is 2.36. The summed E-state index contributed by atoms with van der Waals surface area (Å²) in [7, 11) is 0. The fourth-order valence-electron chi connectivity index (χ4n) is 2.52. The maximum absolute atomic E-state index is 11.8. The Morgan fingerprint density at radius 3 is 2.79 bits per heavy atom. The topological polar surface area (TPSA) is 49.3 Å². The molecule has 14 heavy (non-hydrogen) atoms. The minimum Gasteiger partial charge on any atom is -0.393 e. The number of fused-ring (bicyclic) bond motifs is 2. The van der Waals surface area contributed by atoms with Crippen LogP contribution >= 0.6 is 0 Å². The lowest BCUT2D eigenvalue weighted by molar-refractivity contribution is -0.128. The van der Waals surface area contributed by atoms with Crippen molar-refractivity contribution in [1.29, 1.82) is 0 Å². The Morgan fingerprint density at radius 1 is 1.36 bits per heavy atom. The molecule has 72 valence electrons. The van der Waals surface area contributed by atoms with E-state index in [4.69, 9.17) is 0 Å². The Morgan fingerprint density at radius 2 is 2.07 bits per heavy atom. The zero-order valence-corrected chi connectivity index (χ0v) is 7.66. The minimum atomic E-state index is -0.421. The van der Waals surface area contributed by atoms with Gasteiger partial charge < -0.3 is 10.4 Å². The third-order valence-corrected chi connectivity index (χ3v) is 3.29. The summed E-state index contributed by atoms with van der Waals surface area (Å²) in [6.45, 7) is 0. The number of aliphatic hydroxyl groups is 1. The van der Waals surface area contributed by atoms with Crippen molar-refractivity contribution in [1.82, 2.24) is 0 Å². The highest BCUT2D eigenvalue weighted by Gasteiger charge is 2.55. The minimum absolute atomic E-state index is 0.0454. The zero-order chi connectivity index (χ0) is 9.76. The van der Waals surface area contributed by atoms with E-state index in [1.165, 1.54) is 0 Å². The first-order valence-corrected chi connectivity index (χ1v) is 4.81. The lowest BCUT2D eigenvalue weighted by Gasteiger charge is -2.40. The van der Waals surface area contributed by atoms with E-state index in [0.717, 1.165) is 11.3 Å². The maximum atomic E-state index is 11.8. The van der Waals surface area contributed by atoms with Crippen molar-refractivity contribution in [3.8, 4) is 0 Å². The first-order valence-electron chi connectivity index (χ1n) is 4.81. The number of hydrogen-bond acceptors (Lipinski definition) is 2. The van der Waals surface area contributed by atoms with Crippen molar-refractivity contribution < 1.29 is 9.90 Å². The van der Waals surface area contributed by atoms with Gasteiger partial charge in [0, 0.05) is 5.69 Å². The molecule has 1 aromatic carbocycles. The Balaban J connectivity index is 2.12. The van der Waals surface area contributed by atoms with Gasteiger partial charge in [-0.15, -0.1) is 0 Å². The number of aliphatic hydroxyl groups excluding tert-OH is 1. The SMILES string of the molecule is O=C1Nc2ccccc2[C@]12C[C@H](O)C2. The van der Waals surface area contributed by atoms with Crippen LogP contribution in [0, 0.1) is 0 Å². The van der Waals surface area contributed by atoms with E-state index in [9.17, 15) is 9.90 Å². The van der Waals surface area contributed by atoms with E-state index in [2.05, 4.69) is 5.32 Å². The van der Waals surface area contributed by atoms with Crippen LogP contribution in [0.25, 0.3) is 0 Å². The Bertz CT molecular complexity index is 408. The Kier molecular flexibility index (Phi) is 1.35. The molecule has 0 saturated heterocycles. The van der Waals surface area contributed by atoms with E-state index >= 15 is 0 Å². The molecule has 0 bridgehead atoms.